The minimum absolute atomic E-state index is 0.0216. The van der Waals surface area contributed by atoms with Crippen molar-refractivity contribution in [2.45, 2.75) is 52.7 Å². The van der Waals surface area contributed by atoms with E-state index in [0.29, 0.717) is 6.61 Å². The molecule has 6 rings (SSSR count). The summed E-state index contributed by atoms with van der Waals surface area (Å²) in [7, 11) is 1.99. The average molecular weight is 520 g/mol. The summed E-state index contributed by atoms with van der Waals surface area (Å²) in [4.78, 5) is 21.7. The Morgan fingerprint density at radius 2 is 1.95 bits per heavy atom. The van der Waals surface area contributed by atoms with Gasteiger partial charge in [0.05, 0.1) is 29.6 Å². The van der Waals surface area contributed by atoms with Gasteiger partial charge in [0.25, 0.3) is 0 Å². The predicted molar refractivity (Wildman–Crippen MR) is 147 cm³/mol. The van der Waals surface area contributed by atoms with Crippen LogP contribution in [0, 0.1) is 19.3 Å². The predicted octanol–water partition coefficient (Wildman–Crippen LogP) is 4.98. The first-order chi connectivity index (χ1) is 17.5. The van der Waals surface area contributed by atoms with Crippen molar-refractivity contribution in [1.29, 1.82) is 0 Å². The normalized spacial score (nSPS) is 19.8. The molecule has 5 heterocycles. The number of carbonyl (C=O) groups excluding carboxylic acids is 1. The van der Waals surface area contributed by atoms with E-state index < -0.39 is 0 Å². The number of amides is 1. The number of nitrogens with zero attached hydrogens (tertiary/aromatic N) is 5. The van der Waals surface area contributed by atoms with Crippen LogP contribution in [0.25, 0.3) is 22.0 Å². The molecule has 3 aromatic rings. The van der Waals surface area contributed by atoms with Crippen molar-refractivity contribution in [1.82, 2.24) is 19.7 Å². The number of ether oxygens (including phenoxy) is 1. The molecule has 0 aliphatic carbocycles. The van der Waals surface area contributed by atoms with E-state index in [2.05, 4.69) is 44.3 Å². The second-order valence-electron chi connectivity index (χ2n) is 11.7. The number of hydrogen-bond donors (Lipinski definition) is 0. The first-order valence-corrected chi connectivity index (χ1v) is 13.3. The van der Waals surface area contributed by atoms with Crippen LogP contribution in [0.2, 0.25) is 5.02 Å². The van der Waals surface area contributed by atoms with E-state index in [1.54, 1.807) is 0 Å². The third-order valence-corrected chi connectivity index (χ3v) is 8.94. The Bertz CT molecular complexity index is 1470. The summed E-state index contributed by atoms with van der Waals surface area (Å²) in [6.07, 6.45) is 5.09. The van der Waals surface area contributed by atoms with Crippen molar-refractivity contribution in [3.63, 3.8) is 0 Å². The third kappa shape index (κ3) is 3.77. The van der Waals surface area contributed by atoms with Gasteiger partial charge in [0.1, 0.15) is 5.82 Å². The molecule has 1 aromatic carbocycles. The zero-order chi connectivity index (χ0) is 26.3. The molecule has 0 radical (unpaired) electrons. The van der Waals surface area contributed by atoms with Gasteiger partial charge in [-0.1, -0.05) is 18.2 Å². The van der Waals surface area contributed by atoms with Crippen molar-refractivity contribution in [2.75, 3.05) is 31.1 Å². The van der Waals surface area contributed by atoms with Crippen LogP contribution in [-0.4, -0.2) is 57.4 Å². The van der Waals surface area contributed by atoms with Crippen LogP contribution in [0.4, 0.5) is 5.82 Å². The van der Waals surface area contributed by atoms with Gasteiger partial charge in [-0.3, -0.25) is 9.48 Å². The Morgan fingerprint density at radius 3 is 2.68 bits per heavy atom. The molecule has 0 saturated carbocycles. The van der Waals surface area contributed by atoms with Crippen LogP contribution < -0.4 is 4.90 Å². The first-order valence-electron chi connectivity index (χ1n) is 13.0. The zero-order valence-corrected chi connectivity index (χ0v) is 23.1. The van der Waals surface area contributed by atoms with Crippen LogP contribution in [0.3, 0.4) is 0 Å². The molecular weight excluding hydrogens is 486 g/mol. The molecule has 0 atom stereocenters. The largest absolute Gasteiger partial charge is 0.370 e. The number of likely N-dealkylation sites (tertiary alicyclic amines) is 1. The van der Waals surface area contributed by atoms with Crippen LogP contribution in [0.5, 0.6) is 0 Å². The monoisotopic (exact) mass is 519 g/mol. The number of aryl methyl sites for hydroxylation is 1. The zero-order valence-electron chi connectivity index (χ0n) is 22.3. The van der Waals surface area contributed by atoms with Gasteiger partial charge in [-0.15, -0.1) is 0 Å². The second-order valence-corrected chi connectivity index (χ2v) is 12.1. The van der Waals surface area contributed by atoms with Crippen molar-refractivity contribution in [3.05, 3.63) is 52.3 Å². The van der Waals surface area contributed by atoms with Gasteiger partial charge < -0.3 is 14.5 Å². The van der Waals surface area contributed by atoms with E-state index in [-0.39, 0.29) is 16.9 Å². The molecule has 3 aliphatic rings. The molecule has 1 amide bonds. The topological polar surface area (TPSA) is 63.5 Å². The lowest BCUT2D eigenvalue weighted by molar-refractivity contribution is -0.136. The second kappa shape index (κ2) is 8.30. The molecule has 0 N–H and O–H groups in total. The standard InChI is InChI=1S/C29H34ClN5O2/c1-7-23(36)35-15-29(16-35)8-9-34(14-29)27-18(3)24(20-13-37-28(4,5)11-22(20)32-27)25-17(2)21(30)10-19-12-31-33(6)26(19)25/h7,10,12H,1,8-9,11,13-16H2,2-6H3. The quantitative estimate of drug-likeness (QED) is 0.457. The van der Waals surface area contributed by atoms with Gasteiger partial charge in [0.15, 0.2) is 0 Å². The van der Waals surface area contributed by atoms with Gasteiger partial charge in [-0.25, -0.2) is 4.98 Å². The fourth-order valence-electron chi connectivity index (χ4n) is 6.57. The lowest BCUT2D eigenvalue weighted by atomic mass is 9.79. The van der Waals surface area contributed by atoms with Crippen molar-refractivity contribution < 1.29 is 9.53 Å². The smallest absolute Gasteiger partial charge is 0.245 e. The summed E-state index contributed by atoms with van der Waals surface area (Å²) in [5.74, 6) is 1.06. The summed E-state index contributed by atoms with van der Waals surface area (Å²) < 4.78 is 8.26. The Morgan fingerprint density at radius 1 is 1.19 bits per heavy atom. The van der Waals surface area contributed by atoms with E-state index in [4.69, 9.17) is 21.3 Å². The highest BCUT2D eigenvalue weighted by Gasteiger charge is 2.49. The molecule has 7 nitrogen and oxygen atoms in total. The molecule has 194 valence electrons. The Kier molecular flexibility index (Phi) is 5.48. The third-order valence-electron chi connectivity index (χ3n) is 8.55. The van der Waals surface area contributed by atoms with Crippen LogP contribution >= 0.6 is 11.6 Å². The molecular formula is C29H34ClN5O2. The number of aromatic nitrogens is 3. The Balaban J connectivity index is 1.50. The Hall–Kier alpha value is -2.90. The minimum Gasteiger partial charge on any atom is -0.370 e. The van der Waals surface area contributed by atoms with Crippen molar-refractivity contribution in [2.24, 2.45) is 12.5 Å². The number of halogens is 1. The number of pyridine rings is 1. The lowest BCUT2D eigenvalue weighted by Gasteiger charge is -2.47. The van der Waals surface area contributed by atoms with E-state index in [9.17, 15) is 4.79 Å². The van der Waals surface area contributed by atoms with Gasteiger partial charge in [0.2, 0.25) is 5.91 Å². The number of fused-ring (bicyclic) bond motifs is 2. The molecule has 3 aliphatic heterocycles. The summed E-state index contributed by atoms with van der Waals surface area (Å²) in [5, 5.41) is 6.32. The lowest BCUT2D eigenvalue weighted by Crippen LogP contribution is -2.59. The van der Waals surface area contributed by atoms with E-state index in [1.165, 1.54) is 11.6 Å². The van der Waals surface area contributed by atoms with Gasteiger partial charge in [-0.05, 0) is 62.9 Å². The maximum absolute atomic E-state index is 12.1. The van der Waals surface area contributed by atoms with Crippen LogP contribution in [0.1, 0.15) is 42.7 Å². The molecule has 0 unspecified atom stereocenters. The molecule has 37 heavy (non-hydrogen) atoms. The van der Waals surface area contributed by atoms with Crippen LogP contribution in [0.15, 0.2) is 24.9 Å². The summed E-state index contributed by atoms with van der Waals surface area (Å²) >= 11 is 6.78. The fourth-order valence-corrected chi connectivity index (χ4v) is 6.78. The number of anilines is 1. The highest BCUT2D eigenvalue weighted by Crippen LogP contribution is 2.47. The van der Waals surface area contributed by atoms with E-state index in [1.807, 2.05) is 28.9 Å². The van der Waals surface area contributed by atoms with E-state index >= 15 is 0 Å². The maximum atomic E-state index is 12.1. The molecule has 8 heteroatoms. The van der Waals surface area contributed by atoms with Crippen LogP contribution in [-0.2, 0) is 29.6 Å². The fraction of sp³-hybridized carbons (Fsp3) is 0.483. The van der Waals surface area contributed by atoms with Crippen molar-refractivity contribution >= 4 is 34.2 Å². The highest BCUT2D eigenvalue weighted by molar-refractivity contribution is 6.33. The summed E-state index contributed by atoms with van der Waals surface area (Å²) in [6.45, 7) is 16.1. The minimum atomic E-state index is -0.277. The summed E-state index contributed by atoms with van der Waals surface area (Å²) in [6, 6.07) is 2.00. The molecule has 0 bridgehead atoms. The molecule has 1 spiro atoms. The van der Waals surface area contributed by atoms with Gasteiger partial charge in [-0.2, -0.15) is 5.10 Å². The highest BCUT2D eigenvalue weighted by atomic mass is 35.5. The summed E-state index contributed by atoms with van der Waals surface area (Å²) in [5.41, 5.74) is 7.64. The van der Waals surface area contributed by atoms with Crippen molar-refractivity contribution in [3.8, 4) is 11.1 Å². The molecule has 2 aromatic heterocycles. The number of carbonyl (C=O) groups is 1. The molecule has 2 saturated heterocycles. The first kappa shape index (κ1) is 24.4. The van der Waals surface area contributed by atoms with Gasteiger partial charge >= 0.3 is 0 Å². The van der Waals surface area contributed by atoms with E-state index in [0.717, 1.165) is 88.7 Å². The number of hydrogen-bond acceptors (Lipinski definition) is 5. The average Bonchev–Trinajstić information content (AvgIpc) is 3.43. The molecule has 2 fully saturated rings. The number of benzene rings is 1. The van der Waals surface area contributed by atoms with Gasteiger partial charge in [0, 0.05) is 66.6 Å². The SMILES string of the molecule is C=CC(=O)N1CC2(CCN(c3nc4c(c(-c5c(C)c(Cl)cc6cnn(C)c56)c3C)COC(C)(C)C4)C2)C1. The Labute approximate surface area is 223 Å². The number of rotatable bonds is 3. The maximum Gasteiger partial charge on any atom is 0.245 e.